The number of hydrogen-bond donors (Lipinski definition) is 1. The van der Waals surface area contributed by atoms with Gasteiger partial charge in [0.05, 0.1) is 12.4 Å². The molecule has 0 spiro atoms. The van der Waals surface area contributed by atoms with Crippen LogP contribution in [0.15, 0.2) is 18.7 Å². The third-order valence-electron chi connectivity index (χ3n) is 2.66. The molecule has 0 amide bonds. The molecule has 4 heteroatoms. The fraction of sp³-hybridized carbons (Fsp3) is 0.667. The molecule has 0 radical (unpaired) electrons. The fourth-order valence-corrected chi connectivity index (χ4v) is 1.62. The first-order valence-electron chi connectivity index (χ1n) is 5.82. The Morgan fingerprint density at radius 1 is 1.56 bits per heavy atom. The molecule has 1 unspecified atom stereocenters. The third-order valence-corrected chi connectivity index (χ3v) is 2.66. The highest BCUT2D eigenvalue weighted by molar-refractivity contribution is 5.03. The van der Waals surface area contributed by atoms with Crippen molar-refractivity contribution in [3.63, 3.8) is 0 Å². The van der Waals surface area contributed by atoms with Gasteiger partial charge in [0, 0.05) is 18.9 Å². The standard InChI is InChI=1S/C12H20N4/c1-3-6-15-12(2,10-13)5-4-8-16-9-7-14-11-16/h7,9,11,15H,3-6,8H2,1-2H3. The number of nitrogens with one attached hydrogen (secondary N) is 1. The Hall–Kier alpha value is -1.34. The van der Waals surface area contributed by atoms with Gasteiger partial charge >= 0.3 is 0 Å². The molecule has 0 aliphatic heterocycles. The third kappa shape index (κ3) is 4.03. The Labute approximate surface area is 97.3 Å². The predicted molar refractivity (Wildman–Crippen MR) is 63.8 cm³/mol. The van der Waals surface area contributed by atoms with Gasteiger partial charge in [0.25, 0.3) is 0 Å². The number of imidazole rings is 1. The van der Waals surface area contributed by atoms with Crippen LogP contribution in [-0.2, 0) is 6.54 Å². The molecule has 1 aromatic rings. The summed E-state index contributed by atoms with van der Waals surface area (Å²) in [5.74, 6) is 0. The highest BCUT2D eigenvalue weighted by atomic mass is 15.0. The first-order chi connectivity index (χ1) is 7.70. The summed E-state index contributed by atoms with van der Waals surface area (Å²) in [6.07, 6.45) is 8.43. The van der Waals surface area contributed by atoms with Crippen molar-refractivity contribution in [1.82, 2.24) is 14.9 Å². The molecule has 0 aromatic carbocycles. The molecule has 0 fully saturated rings. The summed E-state index contributed by atoms with van der Waals surface area (Å²) in [6, 6.07) is 2.36. The van der Waals surface area contributed by atoms with Crippen LogP contribution in [0.5, 0.6) is 0 Å². The van der Waals surface area contributed by atoms with Crippen LogP contribution in [0.1, 0.15) is 33.1 Å². The van der Waals surface area contributed by atoms with E-state index in [1.807, 2.05) is 24.0 Å². The maximum atomic E-state index is 9.14. The SMILES string of the molecule is CCCNC(C)(C#N)CCCn1ccnc1. The van der Waals surface area contributed by atoms with Crippen molar-refractivity contribution < 1.29 is 0 Å². The van der Waals surface area contributed by atoms with E-state index in [0.717, 1.165) is 32.4 Å². The second-order valence-electron chi connectivity index (χ2n) is 4.27. The van der Waals surface area contributed by atoms with E-state index in [4.69, 9.17) is 5.26 Å². The zero-order chi connectivity index (χ0) is 11.9. The van der Waals surface area contributed by atoms with Crippen LogP contribution in [0.4, 0.5) is 0 Å². The van der Waals surface area contributed by atoms with Crippen molar-refractivity contribution in [3.05, 3.63) is 18.7 Å². The molecule has 1 atom stereocenters. The quantitative estimate of drug-likeness (QED) is 0.764. The minimum Gasteiger partial charge on any atom is -0.337 e. The lowest BCUT2D eigenvalue weighted by molar-refractivity contribution is 0.395. The van der Waals surface area contributed by atoms with Gasteiger partial charge in [-0.25, -0.2) is 4.98 Å². The van der Waals surface area contributed by atoms with Gasteiger partial charge in [0.1, 0.15) is 5.54 Å². The Morgan fingerprint density at radius 3 is 2.94 bits per heavy atom. The maximum Gasteiger partial charge on any atom is 0.103 e. The predicted octanol–water partition coefficient (Wildman–Crippen LogP) is 1.95. The Kier molecular flexibility index (Phi) is 5.00. The van der Waals surface area contributed by atoms with Gasteiger partial charge in [-0.2, -0.15) is 5.26 Å². The molecule has 1 N–H and O–H groups in total. The molecule has 4 nitrogen and oxygen atoms in total. The van der Waals surface area contributed by atoms with E-state index >= 15 is 0 Å². The topological polar surface area (TPSA) is 53.6 Å². The molecule has 0 saturated heterocycles. The van der Waals surface area contributed by atoms with Gasteiger partial charge < -0.3 is 4.57 Å². The molecule has 16 heavy (non-hydrogen) atoms. The van der Waals surface area contributed by atoms with Crippen LogP contribution in [0.3, 0.4) is 0 Å². The molecule has 0 aliphatic carbocycles. The minimum absolute atomic E-state index is 0.392. The van der Waals surface area contributed by atoms with E-state index in [9.17, 15) is 0 Å². The Bertz CT molecular complexity index is 325. The van der Waals surface area contributed by atoms with Crippen LogP contribution < -0.4 is 5.32 Å². The number of aromatic nitrogens is 2. The Morgan fingerprint density at radius 2 is 2.38 bits per heavy atom. The molecule has 88 valence electrons. The van der Waals surface area contributed by atoms with Crippen LogP contribution in [0, 0.1) is 11.3 Å². The average molecular weight is 220 g/mol. The maximum absolute atomic E-state index is 9.14. The van der Waals surface area contributed by atoms with Gasteiger partial charge in [-0.3, -0.25) is 5.32 Å². The molecule has 0 aliphatic rings. The van der Waals surface area contributed by atoms with Crippen molar-refractivity contribution >= 4 is 0 Å². The molecular weight excluding hydrogens is 200 g/mol. The van der Waals surface area contributed by atoms with E-state index in [1.165, 1.54) is 0 Å². The number of rotatable bonds is 7. The van der Waals surface area contributed by atoms with E-state index in [0.29, 0.717) is 0 Å². The van der Waals surface area contributed by atoms with Crippen molar-refractivity contribution in [2.24, 2.45) is 0 Å². The monoisotopic (exact) mass is 220 g/mol. The van der Waals surface area contributed by atoms with Gasteiger partial charge in [-0.1, -0.05) is 6.92 Å². The normalized spacial score (nSPS) is 14.3. The van der Waals surface area contributed by atoms with Gasteiger partial charge in [-0.05, 0) is 32.7 Å². The number of nitriles is 1. The highest BCUT2D eigenvalue weighted by Gasteiger charge is 2.21. The summed E-state index contributed by atoms with van der Waals surface area (Å²) < 4.78 is 2.04. The Balaban J connectivity index is 2.31. The second-order valence-corrected chi connectivity index (χ2v) is 4.27. The summed E-state index contributed by atoms with van der Waals surface area (Å²) >= 11 is 0. The van der Waals surface area contributed by atoms with Crippen LogP contribution in [0.2, 0.25) is 0 Å². The summed E-state index contributed by atoms with van der Waals surface area (Å²) in [5.41, 5.74) is -0.392. The van der Waals surface area contributed by atoms with Crippen LogP contribution >= 0.6 is 0 Å². The van der Waals surface area contributed by atoms with Crippen LogP contribution in [0.25, 0.3) is 0 Å². The van der Waals surface area contributed by atoms with Crippen molar-refractivity contribution in [2.75, 3.05) is 6.54 Å². The second kappa shape index (κ2) is 6.29. The van der Waals surface area contributed by atoms with E-state index in [2.05, 4.69) is 23.3 Å². The molecule has 0 saturated carbocycles. The van der Waals surface area contributed by atoms with Crippen molar-refractivity contribution in [2.45, 2.75) is 45.2 Å². The molecule has 1 heterocycles. The molecule has 0 bridgehead atoms. The fourth-order valence-electron chi connectivity index (χ4n) is 1.62. The first-order valence-corrected chi connectivity index (χ1v) is 5.82. The smallest absolute Gasteiger partial charge is 0.103 e. The van der Waals surface area contributed by atoms with Gasteiger partial charge in [0.15, 0.2) is 0 Å². The zero-order valence-electron chi connectivity index (χ0n) is 10.1. The summed E-state index contributed by atoms with van der Waals surface area (Å²) in [7, 11) is 0. The summed E-state index contributed by atoms with van der Waals surface area (Å²) in [4.78, 5) is 3.99. The zero-order valence-corrected chi connectivity index (χ0v) is 10.1. The van der Waals surface area contributed by atoms with Crippen LogP contribution in [-0.4, -0.2) is 21.6 Å². The lowest BCUT2D eigenvalue weighted by Gasteiger charge is -2.23. The van der Waals surface area contributed by atoms with Crippen molar-refractivity contribution in [3.8, 4) is 6.07 Å². The summed E-state index contributed by atoms with van der Waals surface area (Å²) in [6.45, 7) is 5.90. The number of hydrogen-bond acceptors (Lipinski definition) is 3. The molecule has 1 aromatic heterocycles. The van der Waals surface area contributed by atoms with E-state index in [-0.39, 0.29) is 0 Å². The largest absolute Gasteiger partial charge is 0.337 e. The van der Waals surface area contributed by atoms with Crippen molar-refractivity contribution in [1.29, 1.82) is 5.26 Å². The molecule has 1 rings (SSSR count). The number of aryl methyl sites for hydroxylation is 1. The lowest BCUT2D eigenvalue weighted by Crippen LogP contribution is -2.41. The first kappa shape index (κ1) is 12.7. The summed E-state index contributed by atoms with van der Waals surface area (Å²) in [5, 5.41) is 12.4. The lowest BCUT2D eigenvalue weighted by atomic mass is 9.97. The average Bonchev–Trinajstić information content (AvgIpc) is 2.79. The minimum atomic E-state index is -0.392. The van der Waals surface area contributed by atoms with Gasteiger partial charge in [0.2, 0.25) is 0 Å². The molecular formula is C12H20N4. The van der Waals surface area contributed by atoms with E-state index < -0.39 is 5.54 Å². The highest BCUT2D eigenvalue weighted by Crippen LogP contribution is 2.12. The van der Waals surface area contributed by atoms with E-state index in [1.54, 1.807) is 6.20 Å². The number of nitrogens with zero attached hydrogens (tertiary/aromatic N) is 3. The van der Waals surface area contributed by atoms with Gasteiger partial charge in [-0.15, -0.1) is 0 Å².